The fraction of sp³-hybridized carbons (Fsp3) is 0.520. The van der Waals surface area contributed by atoms with Crippen molar-refractivity contribution >= 4 is 34.9 Å². The van der Waals surface area contributed by atoms with E-state index in [2.05, 4.69) is 33.7 Å². The molecule has 2 aromatic rings. The molecular weight excluding hydrogens is 458 g/mol. The zero-order valence-corrected chi connectivity index (χ0v) is 20.2. The van der Waals surface area contributed by atoms with Gasteiger partial charge in [-0.15, -0.1) is 11.3 Å². The number of carbonyl (C=O) groups excluding carboxylic acids is 2. The van der Waals surface area contributed by atoms with Crippen LogP contribution in [0.4, 0.5) is 4.79 Å². The zero-order valence-electron chi connectivity index (χ0n) is 18.6. The lowest BCUT2D eigenvalue weighted by Gasteiger charge is -2.38. The van der Waals surface area contributed by atoms with E-state index >= 15 is 0 Å². The van der Waals surface area contributed by atoms with Crippen molar-refractivity contribution in [1.29, 1.82) is 0 Å². The molecule has 2 saturated carbocycles. The Kier molecular flexibility index (Phi) is 6.63. The highest BCUT2D eigenvalue weighted by Gasteiger charge is 2.40. The Morgan fingerprint density at radius 1 is 1.09 bits per heavy atom. The van der Waals surface area contributed by atoms with E-state index in [0.29, 0.717) is 28.1 Å². The lowest BCUT2D eigenvalue weighted by Crippen LogP contribution is -2.52. The number of benzene rings is 1. The predicted octanol–water partition coefficient (Wildman–Crippen LogP) is 5.28. The van der Waals surface area contributed by atoms with Crippen LogP contribution in [0.15, 0.2) is 36.4 Å². The van der Waals surface area contributed by atoms with E-state index in [1.54, 1.807) is 12.1 Å². The Morgan fingerprint density at radius 3 is 2.58 bits per heavy atom. The molecule has 6 nitrogen and oxygen atoms in total. The number of thiophene rings is 1. The highest BCUT2D eigenvalue weighted by atomic mass is 35.5. The quantitative estimate of drug-likeness (QED) is 0.563. The van der Waals surface area contributed by atoms with Gasteiger partial charge in [0.25, 0.3) is 5.91 Å². The van der Waals surface area contributed by atoms with Crippen LogP contribution in [0.3, 0.4) is 0 Å². The van der Waals surface area contributed by atoms with Crippen LogP contribution >= 0.6 is 22.9 Å². The van der Waals surface area contributed by atoms with Gasteiger partial charge in [0.05, 0.1) is 15.3 Å². The molecule has 2 fully saturated rings. The average Bonchev–Trinajstić information content (AvgIpc) is 3.35. The van der Waals surface area contributed by atoms with Gasteiger partial charge in [-0.3, -0.25) is 9.69 Å². The number of rotatable bonds is 5. The number of halogens is 1. The lowest BCUT2D eigenvalue weighted by atomic mass is 9.91. The van der Waals surface area contributed by atoms with E-state index in [1.165, 1.54) is 36.2 Å². The Balaban J connectivity index is 1.30. The van der Waals surface area contributed by atoms with E-state index in [9.17, 15) is 9.59 Å². The van der Waals surface area contributed by atoms with Crippen molar-refractivity contribution in [2.45, 2.75) is 69.2 Å². The first-order valence-electron chi connectivity index (χ1n) is 11.9. The molecule has 2 heterocycles. The summed E-state index contributed by atoms with van der Waals surface area (Å²) in [6.07, 6.45) is 7.29. The minimum Gasteiger partial charge on any atom is -0.423 e. The molecule has 0 radical (unpaired) electrons. The summed E-state index contributed by atoms with van der Waals surface area (Å²) in [5.41, 5.74) is 1.47. The molecule has 0 saturated heterocycles. The van der Waals surface area contributed by atoms with E-state index < -0.39 is 11.8 Å². The maximum Gasteiger partial charge on any atom is 0.409 e. The molecule has 3 aliphatic rings. The molecule has 1 atom stereocenters. The van der Waals surface area contributed by atoms with Gasteiger partial charge >= 0.3 is 6.09 Å². The Labute approximate surface area is 203 Å². The predicted molar refractivity (Wildman–Crippen MR) is 130 cm³/mol. The molecule has 2 aliphatic carbocycles. The number of nitrogens with zero attached hydrogens (tertiary/aromatic N) is 1. The number of amides is 2. The van der Waals surface area contributed by atoms with Gasteiger partial charge in [0.1, 0.15) is 0 Å². The zero-order chi connectivity index (χ0) is 22.8. The van der Waals surface area contributed by atoms with Gasteiger partial charge in [-0.05, 0) is 55.4 Å². The van der Waals surface area contributed by atoms with Crippen molar-refractivity contribution in [3.8, 4) is 0 Å². The van der Waals surface area contributed by atoms with Crippen LogP contribution in [-0.2, 0) is 11.2 Å². The summed E-state index contributed by atoms with van der Waals surface area (Å²) < 4.78 is 6.52. The SMILES string of the molecule is O=C(NC1CN(C2CCC2)CCc2ccccc21)OC1(NC(=O)c2ccc(Cl)s2)CCCC1. The van der Waals surface area contributed by atoms with Gasteiger partial charge in [-0.2, -0.15) is 0 Å². The van der Waals surface area contributed by atoms with E-state index in [4.69, 9.17) is 16.3 Å². The van der Waals surface area contributed by atoms with Crippen LogP contribution in [0.25, 0.3) is 0 Å². The second-order valence-corrected chi connectivity index (χ2v) is 11.1. The second-order valence-electron chi connectivity index (χ2n) is 9.37. The van der Waals surface area contributed by atoms with Crippen LogP contribution < -0.4 is 10.6 Å². The molecule has 0 spiro atoms. The van der Waals surface area contributed by atoms with E-state index in [1.807, 2.05) is 6.07 Å². The Hall–Kier alpha value is -2.09. The second kappa shape index (κ2) is 9.65. The molecule has 2 amide bonds. The molecule has 5 rings (SSSR count). The number of carbonyl (C=O) groups is 2. The number of nitrogens with one attached hydrogen (secondary N) is 2. The number of hydrogen-bond donors (Lipinski definition) is 2. The van der Waals surface area contributed by atoms with Crippen molar-refractivity contribution in [2.24, 2.45) is 0 Å². The van der Waals surface area contributed by atoms with Crippen LogP contribution in [0, 0.1) is 0 Å². The molecule has 1 aromatic carbocycles. The number of hydrogen-bond acceptors (Lipinski definition) is 5. The molecule has 1 aliphatic heterocycles. The van der Waals surface area contributed by atoms with Crippen molar-refractivity contribution in [3.05, 3.63) is 56.7 Å². The molecule has 1 aromatic heterocycles. The molecule has 1 unspecified atom stereocenters. The van der Waals surface area contributed by atoms with Gasteiger partial charge in [0, 0.05) is 32.0 Å². The Morgan fingerprint density at radius 2 is 1.88 bits per heavy atom. The molecule has 33 heavy (non-hydrogen) atoms. The number of ether oxygens (including phenoxy) is 1. The highest BCUT2D eigenvalue weighted by Crippen LogP contribution is 2.34. The smallest absolute Gasteiger partial charge is 0.409 e. The van der Waals surface area contributed by atoms with Gasteiger partial charge in [0.15, 0.2) is 5.72 Å². The molecule has 176 valence electrons. The summed E-state index contributed by atoms with van der Waals surface area (Å²) in [4.78, 5) is 29.0. The van der Waals surface area contributed by atoms with Crippen LogP contribution in [-0.4, -0.2) is 41.8 Å². The monoisotopic (exact) mass is 487 g/mol. The largest absolute Gasteiger partial charge is 0.423 e. The number of fused-ring (bicyclic) bond motifs is 1. The first kappa shape index (κ1) is 22.7. The maximum absolute atomic E-state index is 13.2. The topological polar surface area (TPSA) is 70.7 Å². The molecular formula is C25H30ClN3O3S. The van der Waals surface area contributed by atoms with Gasteiger partial charge in [-0.25, -0.2) is 4.79 Å². The minimum absolute atomic E-state index is 0.137. The first-order valence-corrected chi connectivity index (χ1v) is 13.1. The molecule has 0 bridgehead atoms. The van der Waals surface area contributed by atoms with Crippen molar-refractivity contribution in [3.63, 3.8) is 0 Å². The number of alkyl carbamates (subject to hydrolysis) is 1. The van der Waals surface area contributed by atoms with E-state index in [-0.39, 0.29) is 11.9 Å². The summed E-state index contributed by atoms with van der Waals surface area (Å²) in [7, 11) is 0. The third-order valence-electron chi connectivity index (χ3n) is 7.24. The fourth-order valence-electron chi connectivity index (χ4n) is 5.25. The summed E-state index contributed by atoms with van der Waals surface area (Å²) in [5, 5.41) is 6.13. The first-order chi connectivity index (χ1) is 16.0. The van der Waals surface area contributed by atoms with Gasteiger partial charge in [-0.1, -0.05) is 42.3 Å². The summed E-state index contributed by atoms with van der Waals surface area (Å²) in [6, 6.07) is 12.2. The van der Waals surface area contributed by atoms with E-state index in [0.717, 1.165) is 37.9 Å². The normalized spacial score (nSPS) is 22.6. The van der Waals surface area contributed by atoms with Gasteiger partial charge < -0.3 is 15.4 Å². The van der Waals surface area contributed by atoms with Crippen LogP contribution in [0.5, 0.6) is 0 Å². The highest BCUT2D eigenvalue weighted by molar-refractivity contribution is 7.18. The minimum atomic E-state index is -0.977. The summed E-state index contributed by atoms with van der Waals surface area (Å²) >= 11 is 7.21. The summed E-state index contributed by atoms with van der Waals surface area (Å²) in [5.74, 6) is -0.252. The standard InChI is InChI=1S/C25H30ClN3O3S/c26-22-11-10-21(33-22)23(30)28-25(13-3-4-14-25)32-24(31)27-20-16-29(18-7-5-8-18)15-12-17-6-1-2-9-19(17)20/h1-2,6,9-11,18,20H,3-5,7-8,12-16H2,(H,27,31)(H,28,30). The van der Waals surface area contributed by atoms with Gasteiger partial charge in [0.2, 0.25) is 0 Å². The van der Waals surface area contributed by atoms with Crippen molar-refractivity contribution in [2.75, 3.05) is 13.1 Å². The fourth-order valence-corrected chi connectivity index (χ4v) is 6.19. The third-order valence-corrected chi connectivity index (χ3v) is 8.47. The van der Waals surface area contributed by atoms with Crippen LogP contribution in [0.1, 0.15) is 71.8 Å². The average molecular weight is 488 g/mol. The Bertz CT molecular complexity index is 1020. The third kappa shape index (κ3) is 5.05. The van der Waals surface area contributed by atoms with Crippen molar-refractivity contribution in [1.82, 2.24) is 15.5 Å². The van der Waals surface area contributed by atoms with Crippen LogP contribution in [0.2, 0.25) is 4.34 Å². The van der Waals surface area contributed by atoms with Crippen molar-refractivity contribution < 1.29 is 14.3 Å². The maximum atomic E-state index is 13.2. The summed E-state index contributed by atoms with van der Waals surface area (Å²) in [6.45, 7) is 1.79. The molecule has 8 heteroatoms. The lowest BCUT2D eigenvalue weighted by molar-refractivity contribution is -0.00912. The molecule has 2 N–H and O–H groups in total.